The number of nitrogen functional groups attached to an aromatic ring is 1. The van der Waals surface area contributed by atoms with Gasteiger partial charge in [-0.2, -0.15) is 0 Å². The Morgan fingerprint density at radius 3 is 2.52 bits per heavy atom. The molecule has 0 aromatic heterocycles. The lowest BCUT2D eigenvalue weighted by atomic mass is 10.1. The minimum absolute atomic E-state index is 0.261. The lowest BCUT2D eigenvalue weighted by molar-refractivity contribution is -0.140. The zero-order valence-corrected chi connectivity index (χ0v) is 13.6. The molecule has 120 valence electrons. The third-order valence-corrected chi connectivity index (χ3v) is 3.31. The number of nitrogens with two attached hydrogens (primary N) is 1. The quantitative estimate of drug-likeness (QED) is 0.408. The normalized spacial score (nSPS) is 12.4. The van der Waals surface area contributed by atoms with E-state index in [4.69, 9.17) is 19.9 Å². The molecular weight excluding hydrogens is 268 g/mol. The van der Waals surface area contributed by atoms with E-state index in [9.17, 15) is 0 Å². The second kappa shape index (κ2) is 9.60. The molecule has 1 unspecified atom stereocenters. The number of hydrogen-bond donors (Lipinski definition) is 1. The summed E-state index contributed by atoms with van der Waals surface area (Å²) < 4.78 is 16.4. The second-order valence-electron chi connectivity index (χ2n) is 4.83. The van der Waals surface area contributed by atoms with Crippen LogP contribution in [0.1, 0.15) is 19.4 Å². The molecule has 1 aromatic carbocycles. The van der Waals surface area contributed by atoms with Crippen LogP contribution in [0.25, 0.3) is 0 Å². The zero-order chi connectivity index (χ0) is 15.7. The first-order valence-corrected chi connectivity index (χ1v) is 7.45. The van der Waals surface area contributed by atoms with E-state index in [2.05, 4.69) is 17.9 Å². The van der Waals surface area contributed by atoms with Crippen molar-refractivity contribution in [2.75, 3.05) is 50.7 Å². The monoisotopic (exact) mass is 296 g/mol. The summed E-state index contributed by atoms with van der Waals surface area (Å²) in [5.41, 5.74) is 8.90. The van der Waals surface area contributed by atoms with Crippen LogP contribution in [0.3, 0.4) is 0 Å². The Labute approximate surface area is 128 Å². The van der Waals surface area contributed by atoms with E-state index < -0.39 is 0 Å². The first kappa shape index (κ1) is 17.8. The van der Waals surface area contributed by atoms with Gasteiger partial charge in [0.1, 0.15) is 0 Å². The molecule has 1 atom stereocenters. The molecule has 0 spiro atoms. The zero-order valence-electron chi connectivity index (χ0n) is 13.6. The maximum absolute atomic E-state index is 5.88. The Morgan fingerprint density at radius 1 is 1.19 bits per heavy atom. The van der Waals surface area contributed by atoms with E-state index in [1.165, 1.54) is 0 Å². The van der Waals surface area contributed by atoms with Crippen molar-refractivity contribution < 1.29 is 14.2 Å². The van der Waals surface area contributed by atoms with Crippen LogP contribution in [0.5, 0.6) is 0 Å². The fraction of sp³-hybridized carbons (Fsp3) is 0.625. The first-order chi connectivity index (χ1) is 10.1. The highest BCUT2D eigenvalue weighted by Crippen LogP contribution is 2.21. The molecule has 1 aromatic rings. The van der Waals surface area contributed by atoms with Crippen molar-refractivity contribution in [3.05, 3.63) is 23.8 Å². The van der Waals surface area contributed by atoms with Crippen LogP contribution in [0.2, 0.25) is 0 Å². The number of nitrogens with zero attached hydrogens (tertiary/aromatic N) is 1. The molecule has 0 bridgehead atoms. The smallest absolute Gasteiger partial charge is 0.174 e. The lowest BCUT2D eigenvalue weighted by Crippen LogP contribution is -2.36. The Balaban J connectivity index is 2.69. The van der Waals surface area contributed by atoms with Crippen LogP contribution in [0, 0.1) is 6.92 Å². The number of aryl methyl sites for hydroxylation is 1. The third kappa shape index (κ3) is 5.91. The standard InChI is InChI=1S/C16H28N2O3/c1-5-18(14-7-8-15(17)13(3)11-14)12-16(20-6-2)21-10-9-19-4/h7-8,11,16H,5-6,9-10,12,17H2,1-4H3. The van der Waals surface area contributed by atoms with E-state index in [1.54, 1.807) is 7.11 Å². The highest BCUT2D eigenvalue weighted by Gasteiger charge is 2.15. The van der Waals surface area contributed by atoms with Crippen LogP contribution in [0.15, 0.2) is 18.2 Å². The molecule has 2 N–H and O–H groups in total. The average Bonchev–Trinajstić information content (AvgIpc) is 2.48. The highest BCUT2D eigenvalue weighted by atomic mass is 16.7. The van der Waals surface area contributed by atoms with Crippen LogP contribution in [-0.2, 0) is 14.2 Å². The molecule has 21 heavy (non-hydrogen) atoms. The number of likely N-dealkylation sites (N-methyl/N-ethyl adjacent to an activating group) is 1. The molecule has 0 saturated heterocycles. The predicted molar refractivity (Wildman–Crippen MR) is 86.7 cm³/mol. The summed E-state index contributed by atoms with van der Waals surface area (Å²) >= 11 is 0. The maximum atomic E-state index is 5.88. The molecule has 0 aliphatic rings. The van der Waals surface area contributed by atoms with E-state index in [-0.39, 0.29) is 6.29 Å². The van der Waals surface area contributed by atoms with Gasteiger partial charge in [-0.1, -0.05) is 0 Å². The van der Waals surface area contributed by atoms with Gasteiger partial charge in [0.05, 0.1) is 19.8 Å². The first-order valence-electron chi connectivity index (χ1n) is 7.45. The van der Waals surface area contributed by atoms with E-state index in [1.807, 2.05) is 26.0 Å². The van der Waals surface area contributed by atoms with Gasteiger partial charge >= 0.3 is 0 Å². The van der Waals surface area contributed by atoms with Gasteiger partial charge in [-0.15, -0.1) is 0 Å². The largest absolute Gasteiger partial charge is 0.399 e. The molecule has 1 rings (SSSR count). The minimum atomic E-state index is -0.261. The van der Waals surface area contributed by atoms with Gasteiger partial charge in [-0.05, 0) is 44.5 Å². The highest BCUT2D eigenvalue weighted by molar-refractivity contribution is 5.58. The molecule has 0 aliphatic heterocycles. The van der Waals surface area contributed by atoms with Crippen molar-refractivity contribution in [1.29, 1.82) is 0 Å². The van der Waals surface area contributed by atoms with Gasteiger partial charge in [-0.25, -0.2) is 0 Å². The Hall–Kier alpha value is -1.30. The number of hydrogen-bond acceptors (Lipinski definition) is 5. The van der Waals surface area contributed by atoms with Gasteiger partial charge in [0.25, 0.3) is 0 Å². The van der Waals surface area contributed by atoms with Crippen molar-refractivity contribution in [2.45, 2.75) is 27.1 Å². The summed E-state index contributed by atoms with van der Waals surface area (Å²) in [6.07, 6.45) is -0.261. The summed E-state index contributed by atoms with van der Waals surface area (Å²) in [6.45, 7) is 9.37. The van der Waals surface area contributed by atoms with Gasteiger partial charge in [0.2, 0.25) is 0 Å². The second-order valence-corrected chi connectivity index (χ2v) is 4.83. The fourth-order valence-electron chi connectivity index (χ4n) is 2.06. The average molecular weight is 296 g/mol. The summed E-state index contributed by atoms with van der Waals surface area (Å²) in [5, 5.41) is 0. The molecule has 5 heteroatoms. The van der Waals surface area contributed by atoms with Crippen LogP contribution in [0.4, 0.5) is 11.4 Å². The van der Waals surface area contributed by atoms with Crippen LogP contribution >= 0.6 is 0 Å². The molecule has 0 saturated carbocycles. The van der Waals surface area contributed by atoms with Crippen molar-refractivity contribution in [2.24, 2.45) is 0 Å². The van der Waals surface area contributed by atoms with E-state index >= 15 is 0 Å². The third-order valence-electron chi connectivity index (χ3n) is 3.31. The molecule has 0 fully saturated rings. The molecule has 0 radical (unpaired) electrons. The van der Waals surface area contributed by atoms with Crippen molar-refractivity contribution in [3.8, 4) is 0 Å². The Morgan fingerprint density at radius 2 is 1.95 bits per heavy atom. The van der Waals surface area contributed by atoms with Gasteiger partial charge in [0.15, 0.2) is 6.29 Å². The van der Waals surface area contributed by atoms with Crippen LogP contribution < -0.4 is 10.6 Å². The number of ether oxygens (including phenoxy) is 3. The van der Waals surface area contributed by atoms with Crippen molar-refractivity contribution in [3.63, 3.8) is 0 Å². The summed E-state index contributed by atoms with van der Waals surface area (Å²) in [5.74, 6) is 0. The van der Waals surface area contributed by atoms with Crippen molar-refractivity contribution in [1.82, 2.24) is 0 Å². The minimum Gasteiger partial charge on any atom is -0.399 e. The molecular formula is C16H28N2O3. The van der Waals surface area contributed by atoms with E-state index in [0.29, 0.717) is 26.4 Å². The summed E-state index contributed by atoms with van der Waals surface area (Å²) in [4.78, 5) is 2.22. The topological polar surface area (TPSA) is 57.0 Å². The molecule has 0 amide bonds. The lowest BCUT2D eigenvalue weighted by Gasteiger charge is -2.28. The molecule has 5 nitrogen and oxygen atoms in total. The SMILES string of the molecule is CCOC(CN(CC)c1ccc(N)c(C)c1)OCCOC. The molecule has 0 aliphatic carbocycles. The summed E-state index contributed by atoms with van der Waals surface area (Å²) in [7, 11) is 1.66. The maximum Gasteiger partial charge on any atom is 0.174 e. The van der Waals surface area contributed by atoms with Crippen LogP contribution in [-0.4, -0.2) is 46.3 Å². The Bertz CT molecular complexity index is 413. The fourth-order valence-corrected chi connectivity index (χ4v) is 2.06. The number of rotatable bonds is 10. The number of benzene rings is 1. The van der Waals surface area contributed by atoms with E-state index in [0.717, 1.165) is 23.5 Å². The summed E-state index contributed by atoms with van der Waals surface area (Å²) in [6, 6.07) is 6.07. The van der Waals surface area contributed by atoms with Gasteiger partial charge in [-0.3, -0.25) is 0 Å². The van der Waals surface area contributed by atoms with Gasteiger partial charge < -0.3 is 24.8 Å². The number of anilines is 2. The van der Waals surface area contributed by atoms with Crippen molar-refractivity contribution >= 4 is 11.4 Å². The number of methoxy groups -OCH3 is 1. The van der Waals surface area contributed by atoms with Gasteiger partial charge in [0, 0.05) is 31.6 Å². The molecule has 0 heterocycles. The Kier molecular flexibility index (Phi) is 8.12. The predicted octanol–water partition coefficient (Wildman–Crippen LogP) is 2.43.